The number of hydrogen-bond acceptors (Lipinski definition) is 4. The summed E-state index contributed by atoms with van der Waals surface area (Å²) in [5.74, 6) is 1.88. The molecule has 0 aromatic carbocycles. The van der Waals surface area contributed by atoms with Crippen LogP contribution in [-0.2, 0) is 5.75 Å². The van der Waals surface area contributed by atoms with E-state index in [1.54, 1.807) is 17.6 Å². The second kappa shape index (κ2) is 5.76. The summed E-state index contributed by atoms with van der Waals surface area (Å²) in [7, 11) is 0. The van der Waals surface area contributed by atoms with Crippen LogP contribution in [0.5, 0.6) is 0 Å². The zero-order valence-corrected chi connectivity index (χ0v) is 11.7. The number of aryl methyl sites for hydroxylation is 1. The third kappa shape index (κ3) is 3.15. The van der Waals surface area contributed by atoms with Gasteiger partial charge in [0.2, 0.25) is 0 Å². The van der Waals surface area contributed by atoms with Crippen molar-refractivity contribution in [3.63, 3.8) is 0 Å². The maximum absolute atomic E-state index is 6.09. The van der Waals surface area contributed by atoms with Crippen LogP contribution >= 0.6 is 23.1 Å². The Hall–Kier alpha value is -0.710. The first kappa shape index (κ1) is 12.7. The fourth-order valence-electron chi connectivity index (χ4n) is 1.71. The summed E-state index contributed by atoms with van der Waals surface area (Å²) in [5.41, 5.74) is 7.43. The minimum absolute atomic E-state index is 0.146. The van der Waals surface area contributed by atoms with Crippen molar-refractivity contribution >= 4 is 23.1 Å². The zero-order valence-electron chi connectivity index (χ0n) is 10.1. The number of thioether (sulfide) groups is 1. The van der Waals surface area contributed by atoms with Crippen LogP contribution in [0.2, 0.25) is 0 Å². The van der Waals surface area contributed by atoms with Crippen molar-refractivity contribution in [3.05, 3.63) is 46.0 Å². The predicted molar refractivity (Wildman–Crippen MR) is 75.4 cm³/mol. The van der Waals surface area contributed by atoms with Crippen LogP contribution in [0, 0.1) is 6.92 Å². The Kier molecular flexibility index (Phi) is 4.31. The van der Waals surface area contributed by atoms with Gasteiger partial charge in [0.05, 0.1) is 17.3 Å². The fraction of sp³-hybridized carbons (Fsp3) is 0.385. The minimum Gasteiger partial charge on any atom is -0.468 e. The molecule has 2 heterocycles. The molecule has 4 heteroatoms. The maximum Gasteiger partial charge on any atom is 0.113 e. The first-order chi connectivity index (χ1) is 8.18. The summed E-state index contributed by atoms with van der Waals surface area (Å²) < 4.78 is 5.35. The molecule has 0 spiro atoms. The van der Waals surface area contributed by atoms with Crippen LogP contribution in [0.4, 0.5) is 0 Å². The van der Waals surface area contributed by atoms with Crippen LogP contribution < -0.4 is 5.73 Å². The molecule has 92 valence electrons. The van der Waals surface area contributed by atoms with Gasteiger partial charge >= 0.3 is 0 Å². The summed E-state index contributed by atoms with van der Waals surface area (Å²) in [6.45, 7) is 4.22. The van der Waals surface area contributed by atoms with Crippen LogP contribution in [0.1, 0.15) is 28.4 Å². The highest BCUT2D eigenvalue weighted by atomic mass is 32.2. The molecular weight excluding hydrogens is 250 g/mol. The second-order valence-electron chi connectivity index (χ2n) is 4.14. The first-order valence-corrected chi connectivity index (χ1v) is 7.55. The number of hydrogen-bond donors (Lipinski definition) is 1. The molecular formula is C13H17NOS2. The normalized spacial score (nSPS) is 14.8. The summed E-state index contributed by atoms with van der Waals surface area (Å²) in [6, 6.07) is 6.23. The zero-order chi connectivity index (χ0) is 12.3. The quantitative estimate of drug-likeness (QED) is 0.891. The lowest BCUT2D eigenvalue weighted by molar-refractivity contribution is 0.530. The van der Waals surface area contributed by atoms with Gasteiger partial charge in [0.1, 0.15) is 5.76 Å². The van der Waals surface area contributed by atoms with E-state index in [2.05, 4.69) is 25.3 Å². The minimum atomic E-state index is 0.146. The average Bonchev–Trinajstić information content (AvgIpc) is 2.91. The van der Waals surface area contributed by atoms with Gasteiger partial charge in [-0.1, -0.05) is 0 Å². The topological polar surface area (TPSA) is 39.2 Å². The van der Waals surface area contributed by atoms with E-state index in [0.29, 0.717) is 5.25 Å². The van der Waals surface area contributed by atoms with E-state index in [1.165, 1.54) is 10.4 Å². The molecule has 2 rings (SSSR count). The Labute approximate surface area is 110 Å². The van der Waals surface area contributed by atoms with Crippen LogP contribution in [0.3, 0.4) is 0 Å². The Morgan fingerprint density at radius 1 is 1.47 bits per heavy atom. The van der Waals surface area contributed by atoms with E-state index in [0.717, 1.165) is 11.5 Å². The smallest absolute Gasteiger partial charge is 0.113 e. The van der Waals surface area contributed by atoms with Crippen molar-refractivity contribution in [3.8, 4) is 0 Å². The Balaban J connectivity index is 2.06. The van der Waals surface area contributed by atoms with Crippen molar-refractivity contribution < 1.29 is 4.42 Å². The highest BCUT2D eigenvalue weighted by molar-refractivity contribution is 7.98. The standard InChI is InChI=1S/C13H17NOS2/c1-9-5-7-16-12(9)13(10(2)14)17-8-11-4-3-6-15-11/h3-7,10,13H,8,14H2,1-2H3. The molecule has 0 saturated carbocycles. The summed E-state index contributed by atoms with van der Waals surface area (Å²) in [6.07, 6.45) is 1.72. The molecule has 0 bridgehead atoms. The van der Waals surface area contributed by atoms with E-state index in [-0.39, 0.29) is 6.04 Å². The molecule has 0 amide bonds. The molecule has 0 aliphatic carbocycles. The van der Waals surface area contributed by atoms with Crippen molar-refractivity contribution in [2.24, 2.45) is 5.73 Å². The van der Waals surface area contributed by atoms with Crippen molar-refractivity contribution in [1.82, 2.24) is 0 Å². The van der Waals surface area contributed by atoms with E-state index >= 15 is 0 Å². The SMILES string of the molecule is Cc1ccsc1C(SCc1ccco1)C(C)N. The molecule has 0 aliphatic rings. The lowest BCUT2D eigenvalue weighted by atomic mass is 10.1. The van der Waals surface area contributed by atoms with Crippen molar-refractivity contribution in [1.29, 1.82) is 0 Å². The number of thiophene rings is 1. The monoisotopic (exact) mass is 267 g/mol. The molecule has 2 unspecified atom stereocenters. The number of nitrogens with two attached hydrogens (primary N) is 1. The number of rotatable bonds is 5. The van der Waals surface area contributed by atoms with E-state index in [1.807, 2.05) is 23.9 Å². The van der Waals surface area contributed by atoms with Crippen molar-refractivity contribution in [2.75, 3.05) is 0 Å². The first-order valence-electron chi connectivity index (χ1n) is 5.62. The van der Waals surface area contributed by atoms with Crippen LogP contribution in [-0.4, -0.2) is 6.04 Å². The maximum atomic E-state index is 6.09. The van der Waals surface area contributed by atoms with Crippen LogP contribution in [0.15, 0.2) is 34.3 Å². The Morgan fingerprint density at radius 3 is 2.82 bits per heavy atom. The Morgan fingerprint density at radius 2 is 2.29 bits per heavy atom. The van der Waals surface area contributed by atoms with Gasteiger partial charge in [-0.15, -0.1) is 23.1 Å². The van der Waals surface area contributed by atoms with E-state index in [4.69, 9.17) is 10.2 Å². The molecule has 2 atom stereocenters. The highest BCUT2D eigenvalue weighted by Crippen LogP contribution is 2.38. The molecule has 2 aromatic heterocycles. The average molecular weight is 267 g/mol. The van der Waals surface area contributed by atoms with Gasteiger partial charge in [-0.2, -0.15) is 0 Å². The van der Waals surface area contributed by atoms with E-state index < -0.39 is 0 Å². The molecule has 0 radical (unpaired) electrons. The largest absolute Gasteiger partial charge is 0.468 e. The summed E-state index contributed by atoms with van der Waals surface area (Å²) in [5, 5.41) is 2.48. The second-order valence-corrected chi connectivity index (χ2v) is 6.22. The molecule has 2 aromatic rings. The lowest BCUT2D eigenvalue weighted by Crippen LogP contribution is -2.22. The molecule has 2 nitrogen and oxygen atoms in total. The van der Waals surface area contributed by atoms with Gasteiger partial charge < -0.3 is 10.2 Å². The molecule has 0 fully saturated rings. The predicted octanol–water partition coefficient (Wildman–Crippen LogP) is 3.97. The van der Waals surface area contributed by atoms with Crippen molar-refractivity contribution in [2.45, 2.75) is 30.9 Å². The molecule has 2 N–H and O–H groups in total. The number of furan rings is 1. The van der Waals surface area contributed by atoms with E-state index in [9.17, 15) is 0 Å². The fourth-order valence-corrected chi connectivity index (χ4v) is 4.25. The van der Waals surface area contributed by atoms with Gasteiger partial charge in [0, 0.05) is 10.9 Å². The van der Waals surface area contributed by atoms with Gasteiger partial charge in [-0.3, -0.25) is 0 Å². The summed E-state index contributed by atoms with van der Waals surface area (Å²) >= 11 is 3.64. The van der Waals surface area contributed by atoms with Gasteiger partial charge in [-0.05, 0) is 43.0 Å². The van der Waals surface area contributed by atoms with Crippen LogP contribution in [0.25, 0.3) is 0 Å². The lowest BCUT2D eigenvalue weighted by Gasteiger charge is -2.19. The molecule has 0 saturated heterocycles. The third-order valence-electron chi connectivity index (χ3n) is 2.62. The molecule has 0 aliphatic heterocycles. The van der Waals surface area contributed by atoms with Gasteiger partial charge in [0.15, 0.2) is 0 Å². The summed E-state index contributed by atoms with van der Waals surface area (Å²) in [4.78, 5) is 1.39. The third-order valence-corrected chi connectivity index (χ3v) is 5.35. The van der Waals surface area contributed by atoms with Gasteiger partial charge in [-0.25, -0.2) is 0 Å². The molecule has 17 heavy (non-hydrogen) atoms. The van der Waals surface area contributed by atoms with Gasteiger partial charge in [0.25, 0.3) is 0 Å². The Bertz CT molecular complexity index is 448. The highest BCUT2D eigenvalue weighted by Gasteiger charge is 2.20.